The molecule has 0 aliphatic heterocycles. The van der Waals surface area contributed by atoms with Gasteiger partial charge in [-0.25, -0.2) is 0 Å². The van der Waals surface area contributed by atoms with Crippen LogP contribution in [0.25, 0.3) is 0 Å². The minimum atomic E-state index is -0.377. The van der Waals surface area contributed by atoms with Crippen LogP contribution in [0.2, 0.25) is 0 Å². The third-order valence-electron chi connectivity index (χ3n) is 4.18. The lowest BCUT2D eigenvalue weighted by Crippen LogP contribution is -2.45. The molecule has 2 aromatic carbocycles. The largest absolute Gasteiger partial charge is 0.496 e. The van der Waals surface area contributed by atoms with Crippen molar-refractivity contribution in [1.82, 2.24) is 5.32 Å². The van der Waals surface area contributed by atoms with Crippen LogP contribution >= 0.6 is 0 Å². The summed E-state index contributed by atoms with van der Waals surface area (Å²) in [6.45, 7) is 0.780. The number of nitrogens with one attached hydrogen (secondary N) is 1. The van der Waals surface area contributed by atoms with Gasteiger partial charge in [0.25, 0.3) is 0 Å². The molecule has 1 aliphatic rings. The maximum atomic E-state index is 10.4. The summed E-state index contributed by atoms with van der Waals surface area (Å²) >= 11 is 0. The van der Waals surface area contributed by atoms with Gasteiger partial charge >= 0.3 is 0 Å². The highest BCUT2D eigenvalue weighted by molar-refractivity contribution is 5.43. The number of ether oxygens (including phenoxy) is 1. The Morgan fingerprint density at radius 3 is 2.67 bits per heavy atom. The van der Waals surface area contributed by atoms with E-state index in [1.165, 1.54) is 11.1 Å². The van der Waals surface area contributed by atoms with Crippen LogP contribution in [0.4, 0.5) is 0 Å². The quantitative estimate of drug-likeness (QED) is 0.905. The van der Waals surface area contributed by atoms with Crippen LogP contribution in [-0.2, 0) is 19.4 Å². The van der Waals surface area contributed by atoms with Gasteiger partial charge in [0, 0.05) is 19.0 Å². The molecular weight excluding hydrogens is 262 g/mol. The summed E-state index contributed by atoms with van der Waals surface area (Å²) in [6.07, 6.45) is 1.10. The van der Waals surface area contributed by atoms with Crippen molar-refractivity contribution in [3.8, 4) is 5.75 Å². The first-order chi connectivity index (χ1) is 10.3. The van der Waals surface area contributed by atoms with Crippen molar-refractivity contribution in [1.29, 1.82) is 0 Å². The second kappa shape index (κ2) is 6.29. The summed E-state index contributed by atoms with van der Waals surface area (Å²) in [7, 11) is 1.68. The van der Waals surface area contributed by atoms with E-state index in [2.05, 4.69) is 23.5 Å². The Bertz CT molecular complexity index is 597. The molecule has 3 nitrogen and oxygen atoms in total. The molecule has 2 aromatic rings. The Kier molecular flexibility index (Phi) is 4.23. The number of aliphatic hydroxyl groups excluding tert-OH is 1. The first kappa shape index (κ1) is 14.1. The second-order valence-corrected chi connectivity index (χ2v) is 5.55. The van der Waals surface area contributed by atoms with Crippen molar-refractivity contribution in [2.24, 2.45) is 0 Å². The molecule has 21 heavy (non-hydrogen) atoms. The van der Waals surface area contributed by atoms with E-state index in [4.69, 9.17) is 4.74 Å². The lowest BCUT2D eigenvalue weighted by Gasteiger charge is -2.31. The summed E-state index contributed by atoms with van der Waals surface area (Å²) in [5, 5.41) is 13.9. The zero-order chi connectivity index (χ0) is 14.7. The Hall–Kier alpha value is -1.84. The van der Waals surface area contributed by atoms with E-state index in [0.29, 0.717) is 6.42 Å². The highest BCUT2D eigenvalue weighted by Crippen LogP contribution is 2.29. The summed E-state index contributed by atoms with van der Waals surface area (Å²) in [6, 6.07) is 16.5. The minimum Gasteiger partial charge on any atom is -0.496 e. The number of rotatable bonds is 4. The van der Waals surface area contributed by atoms with E-state index in [9.17, 15) is 5.11 Å². The molecule has 0 unspecified atom stereocenters. The SMILES string of the molecule is COc1cccc2c1C[C@@H](O)[C@H](NCc1ccccc1)C2. The predicted octanol–water partition coefficient (Wildman–Crippen LogP) is 2.31. The maximum Gasteiger partial charge on any atom is 0.122 e. The van der Waals surface area contributed by atoms with Gasteiger partial charge in [-0.1, -0.05) is 42.5 Å². The van der Waals surface area contributed by atoms with Crippen molar-refractivity contribution in [2.75, 3.05) is 7.11 Å². The number of fused-ring (bicyclic) bond motifs is 1. The summed E-state index contributed by atoms with van der Waals surface area (Å²) < 4.78 is 5.39. The molecule has 2 atom stereocenters. The van der Waals surface area contributed by atoms with Crippen LogP contribution in [0.3, 0.4) is 0 Å². The van der Waals surface area contributed by atoms with Crippen LogP contribution < -0.4 is 10.1 Å². The van der Waals surface area contributed by atoms with E-state index < -0.39 is 0 Å². The monoisotopic (exact) mass is 283 g/mol. The van der Waals surface area contributed by atoms with Crippen molar-refractivity contribution >= 4 is 0 Å². The number of hydrogen-bond acceptors (Lipinski definition) is 3. The molecule has 0 bridgehead atoms. The van der Waals surface area contributed by atoms with Crippen LogP contribution in [-0.4, -0.2) is 24.4 Å². The number of aliphatic hydroxyl groups is 1. The molecular formula is C18H21NO2. The van der Waals surface area contributed by atoms with E-state index >= 15 is 0 Å². The Morgan fingerprint density at radius 1 is 1.10 bits per heavy atom. The zero-order valence-corrected chi connectivity index (χ0v) is 12.3. The van der Waals surface area contributed by atoms with E-state index in [1.54, 1.807) is 7.11 Å². The Balaban J connectivity index is 1.71. The average molecular weight is 283 g/mol. The molecule has 3 heteroatoms. The number of methoxy groups -OCH3 is 1. The molecule has 0 amide bonds. The normalized spacial score (nSPS) is 20.9. The molecule has 0 fully saturated rings. The van der Waals surface area contributed by atoms with Crippen molar-refractivity contribution in [2.45, 2.75) is 31.5 Å². The molecule has 0 aromatic heterocycles. The molecule has 2 N–H and O–H groups in total. The Morgan fingerprint density at radius 2 is 1.90 bits per heavy atom. The van der Waals surface area contributed by atoms with E-state index in [-0.39, 0.29) is 12.1 Å². The summed E-state index contributed by atoms with van der Waals surface area (Å²) in [5.41, 5.74) is 3.65. The summed E-state index contributed by atoms with van der Waals surface area (Å²) in [4.78, 5) is 0. The smallest absolute Gasteiger partial charge is 0.122 e. The van der Waals surface area contributed by atoms with Crippen LogP contribution in [0.5, 0.6) is 5.75 Å². The van der Waals surface area contributed by atoms with Gasteiger partial charge in [-0.3, -0.25) is 0 Å². The van der Waals surface area contributed by atoms with E-state index in [0.717, 1.165) is 24.3 Å². The molecule has 1 aliphatic carbocycles. The lowest BCUT2D eigenvalue weighted by atomic mass is 9.85. The molecule has 0 radical (unpaired) electrons. The van der Waals surface area contributed by atoms with Crippen molar-refractivity contribution in [3.05, 3.63) is 65.2 Å². The fraction of sp³-hybridized carbons (Fsp3) is 0.333. The Labute approximate surface area is 125 Å². The fourth-order valence-corrected chi connectivity index (χ4v) is 3.00. The van der Waals surface area contributed by atoms with Crippen LogP contribution in [0, 0.1) is 0 Å². The molecule has 3 rings (SSSR count). The minimum absolute atomic E-state index is 0.0878. The lowest BCUT2D eigenvalue weighted by molar-refractivity contribution is 0.117. The predicted molar refractivity (Wildman–Crippen MR) is 83.5 cm³/mol. The van der Waals surface area contributed by atoms with Gasteiger partial charge in [-0.05, 0) is 29.2 Å². The van der Waals surface area contributed by atoms with Gasteiger partial charge in [-0.15, -0.1) is 0 Å². The van der Waals surface area contributed by atoms with E-state index in [1.807, 2.05) is 30.3 Å². The van der Waals surface area contributed by atoms with Crippen LogP contribution in [0.15, 0.2) is 48.5 Å². The average Bonchev–Trinajstić information content (AvgIpc) is 2.53. The van der Waals surface area contributed by atoms with Gasteiger partial charge in [0.2, 0.25) is 0 Å². The highest BCUT2D eigenvalue weighted by Gasteiger charge is 2.28. The number of benzene rings is 2. The zero-order valence-electron chi connectivity index (χ0n) is 12.3. The second-order valence-electron chi connectivity index (χ2n) is 5.55. The number of hydrogen-bond donors (Lipinski definition) is 2. The fourth-order valence-electron chi connectivity index (χ4n) is 3.00. The molecule has 0 saturated heterocycles. The molecule has 0 spiro atoms. The third kappa shape index (κ3) is 3.09. The van der Waals surface area contributed by atoms with Crippen molar-refractivity contribution in [3.63, 3.8) is 0 Å². The molecule has 0 saturated carbocycles. The third-order valence-corrected chi connectivity index (χ3v) is 4.18. The van der Waals surface area contributed by atoms with Gasteiger partial charge in [-0.2, -0.15) is 0 Å². The van der Waals surface area contributed by atoms with Gasteiger partial charge in [0.1, 0.15) is 5.75 Å². The molecule has 110 valence electrons. The summed E-state index contributed by atoms with van der Waals surface area (Å²) in [5.74, 6) is 0.882. The first-order valence-corrected chi connectivity index (χ1v) is 7.38. The van der Waals surface area contributed by atoms with Crippen LogP contribution in [0.1, 0.15) is 16.7 Å². The van der Waals surface area contributed by atoms with Gasteiger partial charge in [0.05, 0.1) is 13.2 Å². The van der Waals surface area contributed by atoms with Crippen molar-refractivity contribution < 1.29 is 9.84 Å². The van der Waals surface area contributed by atoms with Gasteiger partial charge in [0.15, 0.2) is 0 Å². The molecule has 0 heterocycles. The van der Waals surface area contributed by atoms with Gasteiger partial charge < -0.3 is 15.2 Å². The topological polar surface area (TPSA) is 41.5 Å². The standard InChI is InChI=1S/C18H21NO2/c1-21-18-9-5-8-14-10-16(17(20)11-15(14)18)19-12-13-6-3-2-4-7-13/h2-9,16-17,19-20H,10-12H2,1H3/t16-,17-/m1/s1. The first-order valence-electron chi connectivity index (χ1n) is 7.38. The maximum absolute atomic E-state index is 10.4. The highest BCUT2D eigenvalue weighted by atomic mass is 16.5.